The lowest BCUT2D eigenvalue weighted by atomic mass is 10.1. The van der Waals surface area contributed by atoms with E-state index in [1.165, 1.54) is 25.9 Å². The first-order valence-corrected chi connectivity index (χ1v) is 5.32. The Morgan fingerprint density at radius 3 is 3.08 bits per heavy atom. The van der Waals surface area contributed by atoms with Gasteiger partial charge in [-0.15, -0.1) is 0 Å². The van der Waals surface area contributed by atoms with Crippen LogP contribution in [0.15, 0.2) is 0 Å². The van der Waals surface area contributed by atoms with Crippen LogP contribution in [-0.4, -0.2) is 50.8 Å². The van der Waals surface area contributed by atoms with Gasteiger partial charge >= 0.3 is 0 Å². The number of nitrogens with one attached hydrogen (secondary N) is 1. The van der Waals surface area contributed by atoms with Crippen LogP contribution in [0.4, 0.5) is 0 Å². The molecule has 0 radical (unpaired) electrons. The molecule has 1 rings (SSSR count). The number of piperidine rings is 1. The standard InChI is InChI=1S/C10H22N2O/c1-3-13-8-6-11-10-5-4-7-12(2)9-10/h10-11H,3-9H2,1-2H3. The average molecular weight is 186 g/mol. The quantitative estimate of drug-likeness (QED) is 0.640. The largest absolute Gasteiger partial charge is 0.380 e. The van der Waals surface area contributed by atoms with Gasteiger partial charge in [-0.3, -0.25) is 0 Å². The molecule has 0 bridgehead atoms. The Hall–Kier alpha value is -0.120. The second kappa shape index (κ2) is 6.35. The summed E-state index contributed by atoms with van der Waals surface area (Å²) in [5.41, 5.74) is 0. The monoisotopic (exact) mass is 186 g/mol. The molecule has 1 heterocycles. The lowest BCUT2D eigenvalue weighted by Gasteiger charge is -2.30. The van der Waals surface area contributed by atoms with Gasteiger partial charge in [0.1, 0.15) is 0 Å². The molecule has 0 aromatic carbocycles. The molecule has 3 heteroatoms. The first-order chi connectivity index (χ1) is 6.33. The number of likely N-dealkylation sites (N-methyl/N-ethyl adjacent to an activating group) is 1. The molecule has 0 spiro atoms. The van der Waals surface area contributed by atoms with E-state index < -0.39 is 0 Å². The van der Waals surface area contributed by atoms with Gasteiger partial charge in [0.25, 0.3) is 0 Å². The van der Waals surface area contributed by atoms with E-state index in [9.17, 15) is 0 Å². The fraction of sp³-hybridized carbons (Fsp3) is 1.00. The molecule has 0 aromatic rings. The second-order valence-electron chi connectivity index (χ2n) is 3.75. The number of likely N-dealkylation sites (tertiary alicyclic amines) is 1. The summed E-state index contributed by atoms with van der Waals surface area (Å²) >= 11 is 0. The number of ether oxygens (including phenoxy) is 1. The number of hydrogen-bond donors (Lipinski definition) is 1. The highest BCUT2D eigenvalue weighted by molar-refractivity contribution is 4.75. The number of rotatable bonds is 5. The van der Waals surface area contributed by atoms with Crippen molar-refractivity contribution >= 4 is 0 Å². The molecule has 1 saturated heterocycles. The predicted molar refractivity (Wildman–Crippen MR) is 55.0 cm³/mol. The first kappa shape index (κ1) is 11.0. The van der Waals surface area contributed by atoms with Crippen molar-refractivity contribution in [3.8, 4) is 0 Å². The molecule has 78 valence electrons. The zero-order valence-electron chi connectivity index (χ0n) is 8.88. The minimum Gasteiger partial charge on any atom is -0.380 e. The third-order valence-corrected chi connectivity index (χ3v) is 2.51. The van der Waals surface area contributed by atoms with Gasteiger partial charge in [0.05, 0.1) is 6.61 Å². The van der Waals surface area contributed by atoms with E-state index in [-0.39, 0.29) is 0 Å². The Bertz CT molecular complexity index is 130. The first-order valence-electron chi connectivity index (χ1n) is 5.32. The highest BCUT2D eigenvalue weighted by atomic mass is 16.5. The summed E-state index contributed by atoms with van der Waals surface area (Å²) in [5, 5.41) is 3.52. The fourth-order valence-electron chi connectivity index (χ4n) is 1.81. The van der Waals surface area contributed by atoms with Crippen LogP contribution >= 0.6 is 0 Å². The maximum atomic E-state index is 5.28. The van der Waals surface area contributed by atoms with Gasteiger partial charge in [-0.1, -0.05) is 0 Å². The van der Waals surface area contributed by atoms with Gasteiger partial charge in [0.15, 0.2) is 0 Å². The molecule has 1 aliphatic rings. The van der Waals surface area contributed by atoms with Crippen molar-refractivity contribution in [2.45, 2.75) is 25.8 Å². The zero-order chi connectivity index (χ0) is 9.52. The van der Waals surface area contributed by atoms with Crippen molar-refractivity contribution < 1.29 is 4.74 Å². The van der Waals surface area contributed by atoms with Crippen LogP contribution in [0.5, 0.6) is 0 Å². The van der Waals surface area contributed by atoms with Gasteiger partial charge in [-0.25, -0.2) is 0 Å². The van der Waals surface area contributed by atoms with Crippen LogP contribution in [0, 0.1) is 0 Å². The Balaban J connectivity index is 2.00. The third-order valence-electron chi connectivity index (χ3n) is 2.51. The van der Waals surface area contributed by atoms with Gasteiger partial charge in [-0.2, -0.15) is 0 Å². The fourth-order valence-corrected chi connectivity index (χ4v) is 1.81. The maximum Gasteiger partial charge on any atom is 0.0590 e. The van der Waals surface area contributed by atoms with Gasteiger partial charge < -0.3 is 15.0 Å². The summed E-state index contributed by atoms with van der Waals surface area (Å²) < 4.78 is 5.28. The summed E-state index contributed by atoms with van der Waals surface area (Å²) in [6.45, 7) is 7.14. The van der Waals surface area contributed by atoms with E-state index in [1.54, 1.807) is 0 Å². The van der Waals surface area contributed by atoms with E-state index in [1.807, 2.05) is 6.92 Å². The lowest BCUT2D eigenvalue weighted by Crippen LogP contribution is -2.44. The van der Waals surface area contributed by atoms with Crippen molar-refractivity contribution in [2.75, 3.05) is 39.9 Å². The van der Waals surface area contributed by atoms with Crippen molar-refractivity contribution in [2.24, 2.45) is 0 Å². The number of nitrogens with zero attached hydrogens (tertiary/aromatic N) is 1. The molecule has 0 amide bonds. The van der Waals surface area contributed by atoms with E-state index in [0.29, 0.717) is 6.04 Å². The van der Waals surface area contributed by atoms with Gasteiger partial charge in [0, 0.05) is 25.7 Å². The highest BCUT2D eigenvalue weighted by Gasteiger charge is 2.15. The lowest BCUT2D eigenvalue weighted by molar-refractivity contribution is 0.140. The normalized spacial score (nSPS) is 24.9. The predicted octanol–water partition coefficient (Wildman–Crippen LogP) is 0.707. The molecule has 0 aliphatic carbocycles. The smallest absolute Gasteiger partial charge is 0.0590 e. The number of hydrogen-bond acceptors (Lipinski definition) is 3. The topological polar surface area (TPSA) is 24.5 Å². The molecule has 0 saturated carbocycles. The Labute approximate surface area is 81.4 Å². The van der Waals surface area contributed by atoms with E-state index in [0.717, 1.165) is 19.8 Å². The Morgan fingerprint density at radius 2 is 2.38 bits per heavy atom. The summed E-state index contributed by atoms with van der Waals surface area (Å²) in [5.74, 6) is 0. The average Bonchev–Trinajstić information content (AvgIpc) is 2.13. The molecule has 13 heavy (non-hydrogen) atoms. The molecular weight excluding hydrogens is 164 g/mol. The van der Waals surface area contributed by atoms with Crippen LogP contribution in [0.25, 0.3) is 0 Å². The van der Waals surface area contributed by atoms with Crippen LogP contribution in [-0.2, 0) is 4.74 Å². The summed E-state index contributed by atoms with van der Waals surface area (Å²) in [4.78, 5) is 2.39. The minimum atomic E-state index is 0.680. The minimum absolute atomic E-state index is 0.680. The zero-order valence-corrected chi connectivity index (χ0v) is 8.88. The van der Waals surface area contributed by atoms with E-state index >= 15 is 0 Å². The van der Waals surface area contributed by atoms with Crippen molar-refractivity contribution in [3.63, 3.8) is 0 Å². The molecule has 1 fully saturated rings. The molecule has 0 aromatic heterocycles. The Morgan fingerprint density at radius 1 is 1.54 bits per heavy atom. The van der Waals surface area contributed by atoms with Crippen LogP contribution < -0.4 is 5.32 Å². The highest BCUT2D eigenvalue weighted by Crippen LogP contribution is 2.07. The van der Waals surface area contributed by atoms with Crippen LogP contribution in [0.2, 0.25) is 0 Å². The van der Waals surface area contributed by atoms with Crippen molar-refractivity contribution in [1.29, 1.82) is 0 Å². The SMILES string of the molecule is CCOCCNC1CCCN(C)C1. The van der Waals surface area contributed by atoms with Crippen LogP contribution in [0.3, 0.4) is 0 Å². The van der Waals surface area contributed by atoms with Gasteiger partial charge in [0.2, 0.25) is 0 Å². The van der Waals surface area contributed by atoms with Crippen molar-refractivity contribution in [1.82, 2.24) is 10.2 Å². The van der Waals surface area contributed by atoms with Crippen LogP contribution in [0.1, 0.15) is 19.8 Å². The van der Waals surface area contributed by atoms with Crippen molar-refractivity contribution in [3.05, 3.63) is 0 Å². The van der Waals surface area contributed by atoms with E-state index in [2.05, 4.69) is 17.3 Å². The van der Waals surface area contributed by atoms with E-state index in [4.69, 9.17) is 4.74 Å². The molecule has 1 unspecified atom stereocenters. The summed E-state index contributed by atoms with van der Waals surface area (Å²) in [6.07, 6.45) is 2.64. The summed E-state index contributed by atoms with van der Waals surface area (Å²) in [7, 11) is 2.19. The van der Waals surface area contributed by atoms with Gasteiger partial charge in [-0.05, 0) is 33.4 Å². The molecular formula is C10H22N2O. The third kappa shape index (κ3) is 4.60. The second-order valence-corrected chi connectivity index (χ2v) is 3.75. The molecule has 3 nitrogen and oxygen atoms in total. The molecule has 1 aliphatic heterocycles. The maximum absolute atomic E-state index is 5.28. The molecule has 1 N–H and O–H groups in total. The Kier molecular flexibility index (Phi) is 5.35. The molecule has 1 atom stereocenters. The summed E-state index contributed by atoms with van der Waals surface area (Å²) in [6, 6.07) is 0.680.